The van der Waals surface area contributed by atoms with Gasteiger partial charge in [-0.2, -0.15) is 0 Å². The monoisotopic (exact) mass is 469 g/mol. The highest BCUT2D eigenvalue weighted by atomic mass is 35.5. The normalized spacial score (nSPS) is 11.0. The number of aromatic nitrogens is 3. The molecular weight excluding hydrogens is 449 g/mol. The van der Waals surface area contributed by atoms with Crippen LogP contribution in [-0.4, -0.2) is 14.8 Å². The fourth-order valence-corrected chi connectivity index (χ4v) is 4.74. The van der Waals surface area contributed by atoms with Crippen molar-refractivity contribution in [3.05, 3.63) is 99.3 Å². The highest BCUT2D eigenvalue weighted by molar-refractivity contribution is 7.98. The number of ether oxygens (including phenoxy) is 1. The van der Waals surface area contributed by atoms with E-state index in [1.165, 1.54) is 22.9 Å². The number of nitrogens with zero attached hydrogens (tertiary/aromatic N) is 3. The molecule has 4 aromatic rings. The summed E-state index contributed by atoms with van der Waals surface area (Å²) in [6.45, 7) is 4.41. The molecule has 1 aromatic heterocycles. The third-order valence-corrected chi connectivity index (χ3v) is 6.45. The van der Waals surface area contributed by atoms with Gasteiger partial charge in [0.2, 0.25) is 0 Å². The lowest BCUT2D eigenvalue weighted by atomic mass is 10.2. The minimum atomic E-state index is 0.303. The molecule has 0 unspecified atom stereocenters. The summed E-state index contributed by atoms with van der Waals surface area (Å²) in [5, 5.41) is 10.9. The largest absolute Gasteiger partial charge is 0.486 e. The summed E-state index contributed by atoms with van der Waals surface area (Å²) in [4.78, 5) is 0. The summed E-state index contributed by atoms with van der Waals surface area (Å²) in [5.41, 5.74) is 4.23. The highest BCUT2D eigenvalue weighted by Gasteiger charge is 2.17. The molecule has 31 heavy (non-hydrogen) atoms. The van der Waals surface area contributed by atoms with E-state index in [-0.39, 0.29) is 0 Å². The molecule has 158 valence electrons. The predicted octanol–water partition coefficient (Wildman–Crippen LogP) is 7.06. The van der Waals surface area contributed by atoms with Gasteiger partial charge < -0.3 is 4.74 Å². The van der Waals surface area contributed by atoms with Gasteiger partial charge in [0.05, 0.1) is 0 Å². The average molecular weight is 470 g/mol. The third kappa shape index (κ3) is 5.24. The fraction of sp³-hybridized carbons (Fsp3) is 0.167. The number of halogens is 2. The van der Waals surface area contributed by atoms with Crippen LogP contribution in [-0.2, 0) is 12.4 Å². The molecule has 0 aliphatic carbocycles. The first kappa shape index (κ1) is 21.8. The zero-order valence-corrected chi connectivity index (χ0v) is 19.5. The van der Waals surface area contributed by atoms with Crippen molar-refractivity contribution in [2.24, 2.45) is 0 Å². The number of hydrogen-bond donors (Lipinski definition) is 0. The van der Waals surface area contributed by atoms with Crippen LogP contribution in [0.15, 0.2) is 71.9 Å². The van der Waals surface area contributed by atoms with Crippen molar-refractivity contribution in [3.63, 3.8) is 0 Å². The van der Waals surface area contributed by atoms with Gasteiger partial charge in [0.1, 0.15) is 12.4 Å². The molecule has 4 nitrogen and oxygen atoms in total. The maximum Gasteiger partial charge on any atom is 0.196 e. The highest BCUT2D eigenvalue weighted by Crippen LogP contribution is 2.32. The van der Waals surface area contributed by atoms with Gasteiger partial charge in [0.15, 0.2) is 11.0 Å². The molecule has 0 N–H and O–H groups in total. The Labute approximate surface area is 196 Å². The zero-order chi connectivity index (χ0) is 21.8. The van der Waals surface area contributed by atoms with Gasteiger partial charge in [-0.1, -0.05) is 76.4 Å². The maximum atomic E-state index is 6.34. The van der Waals surface area contributed by atoms with E-state index in [2.05, 4.69) is 41.4 Å². The minimum Gasteiger partial charge on any atom is -0.486 e. The molecule has 0 saturated carbocycles. The van der Waals surface area contributed by atoms with Gasteiger partial charge in [-0.15, -0.1) is 10.2 Å². The molecule has 3 aromatic carbocycles. The quantitative estimate of drug-likeness (QED) is 0.271. The Kier molecular flexibility index (Phi) is 6.86. The van der Waals surface area contributed by atoms with Crippen molar-refractivity contribution in [2.45, 2.75) is 31.4 Å². The van der Waals surface area contributed by atoms with E-state index in [0.717, 1.165) is 28.0 Å². The van der Waals surface area contributed by atoms with Crippen LogP contribution in [0.2, 0.25) is 10.0 Å². The van der Waals surface area contributed by atoms with Gasteiger partial charge in [-0.05, 0) is 55.8 Å². The lowest BCUT2D eigenvalue weighted by molar-refractivity contribution is 0.292. The summed E-state index contributed by atoms with van der Waals surface area (Å²) in [5.74, 6) is 2.10. The van der Waals surface area contributed by atoms with E-state index in [4.69, 9.17) is 27.9 Å². The third-order valence-electron chi connectivity index (χ3n) is 4.79. The van der Waals surface area contributed by atoms with E-state index >= 15 is 0 Å². The number of benzene rings is 3. The maximum absolute atomic E-state index is 6.34. The lowest BCUT2D eigenvalue weighted by Gasteiger charge is -2.12. The SMILES string of the molecule is Cc1ccc(OCc2nnc(SCc3c(Cl)cccc3Cl)n2-c2ccc(C)cc2)cc1. The molecule has 7 heteroatoms. The number of thioether (sulfide) groups is 1. The van der Waals surface area contributed by atoms with Gasteiger partial charge >= 0.3 is 0 Å². The number of hydrogen-bond acceptors (Lipinski definition) is 4. The van der Waals surface area contributed by atoms with Crippen molar-refractivity contribution in [2.75, 3.05) is 0 Å². The molecule has 0 radical (unpaired) electrons. The van der Waals surface area contributed by atoms with Gasteiger partial charge in [-0.25, -0.2) is 0 Å². The molecule has 0 bridgehead atoms. The Hall–Kier alpha value is -2.47. The zero-order valence-electron chi connectivity index (χ0n) is 17.2. The molecule has 0 atom stereocenters. The van der Waals surface area contributed by atoms with Crippen LogP contribution in [0.1, 0.15) is 22.5 Å². The molecule has 0 aliphatic heterocycles. The Balaban J connectivity index is 1.61. The van der Waals surface area contributed by atoms with Crippen molar-refractivity contribution >= 4 is 35.0 Å². The van der Waals surface area contributed by atoms with E-state index in [1.807, 2.05) is 54.0 Å². The Morgan fingerprint density at radius 3 is 2.10 bits per heavy atom. The Morgan fingerprint density at radius 1 is 0.839 bits per heavy atom. The summed E-state index contributed by atoms with van der Waals surface area (Å²) in [6, 6.07) is 21.7. The van der Waals surface area contributed by atoms with Crippen molar-refractivity contribution in [1.82, 2.24) is 14.8 Å². The molecule has 0 amide bonds. The summed E-state index contributed by atoms with van der Waals surface area (Å²) in [7, 11) is 0. The molecule has 0 fully saturated rings. The van der Waals surface area contributed by atoms with Gasteiger partial charge in [0.25, 0.3) is 0 Å². The van der Waals surface area contributed by atoms with Crippen LogP contribution in [0.25, 0.3) is 5.69 Å². The molecule has 1 heterocycles. The van der Waals surface area contributed by atoms with Crippen LogP contribution >= 0.6 is 35.0 Å². The minimum absolute atomic E-state index is 0.303. The van der Waals surface area contributed by atoms with Crippen molar-refractivity contribution in [1.29, 1.82) is 0 Å². The van der Waals surface area contributed by atoms with Crippen molar-refractivity contribution in [3.8, 4) is 11.4 Å². The van der Waals surface area contributed by atoms with E-state index in [0.29, 0.717) is 22.4 Å². The van der Waals surface area contributed by atoms with E-state index in [9.17, 15) is 0 Å². The first-order valence-electron chi connectivity index (χ1n) is 9.78. The second-order valence-electron chi connectivity index (χ2n) is 7.16. The van der Waals surface area contributed by atoms with Crippen LogP contribution in [0, 0.1) is 13.8 Å². The van der Waals surface area contributed by atoms with Crippen LogP contribution < -0.4 is 4.74 Å². The van der Waals surface area contributed by atoms with Crippen LogP contribution in [0.3, 0.4) is 0 Å². The van der Waals surface area contributed by atoms with Crippen LogP contribution in [0.4, 0.5) is 0 Å². The molecule has 0 spiro atoms. The van der Waals surface area contributed by atoms with E-state index in [1.54, 1.807) is 0 Å². The molecule has 0 saturated heterocycles. The summed E-state index contributed by atoms with van der Waals surface area (Å²) >= 11 is 14.2. The molecule has 0 aliphatic rings. The fourth-order valence-electron chi connectivity index (χ4n) is 3.03. The Morgan fingerprint density at radius 2 is 1.45 bits per heavy atom. The smallest absolute Gasteiger partial charge is 0.196 e. The van der Waals surface area contributed by atoms with Crippen LogP contribution in [0.5, 0.6) is 5.75 Å². The second-order valence-corrected chi connectivity index (χ2v) is 8.92. The average Bonchev–Trinajstić information content (AvgIpc) is 3.16. The standard InChI is InChI=1S/C24H21Cl2N3OS/c1-16-6-10-18(11-7-16)29-23(14-30-19-12-8-17(2)9-13-19)27-28-24(29)31-15-20-21(25)4-3-5-22(20)26/h3-13H,14-15H2,1-2H3. The lowest BCUT2D eigenvalue weighted by Crippen LogP contribution is -2.07. The summed E-state index contributed by atoms with van der Waals surface area (Å²) in [6.07, 6.45) is 0. The number of rotatable bonds is 7. The molecule has 4 rings (SSSR count). The van der Waals surface area contributed by atoms with E-state index < -0.39 is 0 Å². The van der Waals surface area contributed by atoms with Gasteiger partial charge in [0, 0.05) is 21.5 Å². The second kappa shape index (κ2) is 9.77. The predicted molar refractivity (Wildman–Crippen MR) is 128 cm³/mol. The number of aryl methyl sites for hydroxylation is 2. The summed E-state index contributed by atoms with van der Waals surface area (Å²) < 4.78 is 7.99. The first-order chi connectivity index (χ1) is 15.0. The topological polar surface area (TPSA) is 39.9 Å². The molecular formula is C24H21Cl2N3OS. The van der Waals surface area contributed by atoms with Gasteiger partial charge in [-0.3, -0.25) is 4.57 Å². The first-order valence-corrected chi connectivity index (χ1v) is 11.5. The Bertz CT molecular complexity index is 1150. The van der Waals surface area contributed by atoms with Crippen molar-refractivity contribution < 1.29 is 4.74 Å².